The van der Waals surface area contributed by atoms with Crippen LogP contribution >= 0.6 is 15.9 Å². The number of carbonyl (C=O) groups excluding carboxylic acids is 1. The third-order valence-electron chi connectivity index (χ3n) is 5.41. The molecule has 0 aliphatic carbocycles. The highest BCUT2D eigenvalue weighted by Crippen LogP contribution is 2.28. The third kappa shape index (κ3) is 4.40. The number of anilines is 1. The number of fused-ring (bicyclic) bond motifs is 2. The largest absolute Gasteiger partial charge is 0.383 e. The summed E-state index contributed by atoms with van der Waals surface area (Å²) in [5, 5.41) is 7.51. The van der Waals surface area contributed by atoms with Crippen molar-refractivity contribution in [1.82, 2.24) is 20.0 Å². The fourth-order valence-corrected chi connectivity index (χ4v) is 4.17. The van der Waals surface area contributed by atoms with E-state index in [-0.39, 0.29) is 17.3 Å². The van der Waals surface area contributed by atoms with E-state index in [1.807, 2.05) is 78.9 Å². The molecule has 34 heavy (non-hydrogen) atoms. The zero-order chi connectivity index (χ0) is 23.5. The van der Waals surface area contributed by atoms with Gasteiger partial charge in [-0.3, -0.25) is 4.79 Å². The van der Waals surface area contributed by atoms with Gasteiger partial charge >= 0.3 is 0 Å². The lowest BCUT2D eigenvalue weighted by Crippen LogP contribution is -2.26. The van der Waals surface area contributed by atoms with Gasteiger partial charge in [-0.15, -0.1) is 0 Å². The van der Waals surface area contributed by atoms with E-state index in [4.69, 9.17) is 15.7 Å². The van der Waals surface area contributed by atoms with E-state index in [1.165, 1.54) is 4.68 Å². The van der Waals surface area contributed by atoms with Gasteiger partial charge in [-0.25, -0.2) is 9.97 Å². The molecule has 0 aliphatic rings. The second-order valence-electron chi connectivity index (χ2n) is 7.75. The monoisotopic (exact) mass is 512 g/mol. The summed E-state index contributed by atoms with van der Waals surface area (Å²) < 4.78 is 2.41. The number of hydrogen-bond donors (Lipinski definition) is 2. The number of nitrogen functional groups attached to an aromatic ring is 1. The highest BCUT2D eigenvalue weighted by atomic mass is 79.9. The van der Waals surface area contributed by atoms with Gasteiger partial charge in [0.1, 0.15) is 16.9 Å². The maximum atomic E-state index is 13.2. The summed E-state index contributed by atoms with van der Waals surface area (Å²) in [5.74, 6) is -0.117. The predicted octanol–water partition coefficient (Wildman–Crippen LogP) is 4.78. The second-order valence-corrected chi connectivity index (χ2v) is 8.66. The summed E-state index contributed by atoms with van der Waals surface area (Å²) in [4.78, 5) is 22.6. The normalized spacial score (nSPS) is 11.4. The summed E-state index contributed by atoms with van der Waals surface area (Å²) in [7, 11) is 0. The third-order valence-corrected chi connectivity index (χ3v) is 5.91. The molecule has 7 nitrogen and oxygen atoms in total. The number of hydrogen-bond acceptors (Lipinski definition) is 5. The fourth-order valence-electron chi connectivity index (χ4n) is 3.75. The van der Waals surface area contributed by atoms with Gasteiger partial charge in [-0.2, -0.15) is 9.78 Å². The van der Waals surface area contributed by atoms with Crippen molar-refractivity contribution in [3.63, 3.8) is 0 Å². The van der Waals surface area contributed by atoms with Gasteiger partial charge in [0, 0.05) is 11.0 Å². The van der Waals surface area contributed by atoms with E-state index >= 15 is 0 Å². The van der Waals surface area contributed by atoms with Crippen LogP contribution in [0, 0.1) is 0 Å². The molecule has 3 aromatic carbocycles. The molecule has 5 aromatic rings. The first-order valence-corrected chi connectivity index (χ1v) is 11.6. The molecule has 0 spiro atoms. The van der Waals surface area contributed by atoms with Crippen molar-refractivity contribution in [2.24, 2.45) is 5.10 Å². The maximum Gasteiger partial charge on any atom is 0.257 e. The van der Waals surface area contributed by atoms with Crippen LogP contribution in [0.15, 0.2) is 88.4 Å². The summed E-state index contributed by atoms with van der Waals surface area (Å²) in [6, 6.07) is 25.2. The summed E-state index contributed by atoms with van der Waals surface area (Å²) >= 11 is 3.47. The Hall–Kier alpha value is -4.04. The molecule has 1 amide bonds. The second kappa shape index (κ2) is 9.44. The SMILES string of the molecule is Nc1c(C(=O)NCCc2ccccc2)c2nc3ccccc3nc2n1/N=C/c1cccc(Br)c1. The molecule has 0 fully saturated rings. The summed E-state index contributed by atoms with van der Waals surface area (Å²) in [5.41, 5.74) is 11.0. The van der Waals surface area contributed by atoms with Crippen molar-refractivity contribution in [2.45, 2.75) is 6.42 Å². The molecule has 0 aliphatic heterocycles. The Labute approximate surface area is 204 Å². The number of nitrogens with zero attached hydrogens (tertiary/aromatic N) is 4. The summed E-state index contributed by atoms with van der Waals surface area (Å²) in [6.07, 6.45) is 2.38. The predicted molar refractivity (Wildman–Crippen MR) is 139 cm³/mol. The number of amides is 1. The number of para-hydroxylation sites is 2. The van der Waals surface area contributed by atoms with E-state index in [2.05, 4.69) is 26.3 Å². The zero-order valence-electron chi connectivity index (χ0n) is 18.1. The van der Waals surface area contributed by atoms with E-state index in [0.717, 1.165) is 15.6 Å². The highest BCUT2D eigenvalue weighted by Gasteiger charge is 2.23. The van der Waals surface area contributed by atoms with Crippen molar-refractivity contribution in [2.75, 3.05) is 12.3 Å². The highest BCUT2D eigenvalue weighted by molar-refractivity contribution is 9.10. The first kappa shape index (κ1) is 21.8. The summed E-state index contributed by atoms with van der Waals surface area (Å²) in [6.45, 7) is 0.470. The Morgan fingerprint density at radius 2 is 1.74 bits per heavy atom. The number of carbonyl (C=O) groups is 1. The van der Waals surface area contributed by atoms with Crippen LogP contribution in [-0.2, 0) is 6.42 Å². The van der Waals surface area contributed by atoms with Gasteiger partial charge in [0.05, 0.1) is 17.2 Å². The zero-order valence-corrected chi connectivity index (χ0v) is 19.7. The Morgan fingerprint density at radius 3 is 2.50 bits per heavy atom. The molecular weight excluding hydrogens is 492 g/mol. The van der Waals surface area contributed by atoms with Crippen LogP contribution < -0.4 is 11.1 Å². The molecule has 0 saturated heterocycles. The van der Waals surface area contributed by atoms with Gasteiger partial charge in [-0.1, -0.05) is 70.5 Å². The van der Waals surface area contributed by atoms with E-state index in [1.54, 1.807) is 6.21 Å². The van der Waals surface area contributed by atoms with Crippen molar-refractivity contribution < 1.29 is 4.79 Å². The van der Waals surface area contributed by atoms with Crippen LogP contribution in [0.2, 0.25) is 0 Å². The lowest BCUT2D eigenvalue weighted by atomic mass is 10.1. The minimum Gasteiger partial charge on any atom is -0.383 e. The maximum absolute atomic E-state index is 13.2. The van der Waals surface area contributed by atoms with E-state index < -0.39 is 0 Å². The molecule has 0 atom stereocenters. The number of halogens is 1. The fraction of sp³-hybridized carbons (Fsp3) is 0.0769. The molecule has 0 radical (unpaired) electrons. The minimum absolute atomic E-state index is 0.189. The first-order valence-electron chi connectivity index (χ1n) is 10.8. The number of rotatable bonds is 6. The number of benzene rings is 3. The van der Waals surface area contributed by atoms with E-state index in [0.29, 0.717) is 35.2 Å². The van der Waals surface area contributed by atoms with Gasteiger partial charge in [0.25, 0.3) is 5.91 Å². The average molecular weight is 513 g/mol. The Balaban J connectivity index is 1.54. The molecular formula is C26H21BrN6O. The number of aromatic nitrogens is 3. The lowest BCUT2D eigenvalue weighted by molar-refractivity contribution is 0.0956. The van der Waals surface area contributed by atoms with Gasteiger partial charge in [-0.05, 0) is 41.8 Å². The van der Waals surface area contributed by atoms with Crippen LogP contribution in [0.4, 0.5) is 5.82 Å². The lowest BCUT2D eigenvalue weighted by Gasteiger charge is -2.05. The molecule has 0 unspecified atom stereocenters. The quantitative estimate of drug-likeness (QED) is 0.319. The van der Waals surface area contributed by atoms with Crippen LogP contribution in [-0.4, -0.2) is 33.3 Å². The average Bonchev–Trinajstić information content (AvgIpc) is 3.12. The standard InChI is InChI=1S/C26H21BrN6O/c27-19-10-6-9-18(15-19)16-30-33-24(28)22(26(34)29-14-13-17-7-2-1-3-8-17)23-25(33)32-21-12-5-4-11-20(21)31-23/h1-12,15-16H,13-14,28H2,(H,29,34)/b30-16+. The first-order chi connectivity index (χ1) is 16.6. The molecule has 0 bridgehead atoms. The van der Waals surface area contributed by atoms with Crippen molar-refractivity contribution >= 4 is 56.1 Å². The Kier molecular flexibility index (Phi) is 6.05. The van der Waals surface area contributed by atoms with Gasteiger partial charge < -0.3 is 11.1 Å². The van der Waals surface area contributed by atoms with E-state index in [9.17, 15) is 4.79 Å². The number of nitrogens with one attached hydrogen (secondary N) is 1. The van der Waals surface area contributed by atoms with Crippen LogP contribution in [0.1, 0.15) is 21.5 Å². The van der Waals surface area contributed by atoms with Gasteiger partial charge in [0.2, 0.25) is 0 Å². The molecule has 8 heteroatoms. The topological polar surface area (TPSA) is 98.2 Å². The number of nitrogens with two attached hydrogens (primary N) is 1. The van der Waals surface area contributed by atoms with Crippen LogP contribution in [0.5, 0.6) is 0 Å². The molecule has 0 saturated carbocycles. The van der Waals surface area contributed by atoms with Crippen molar-refractivity contribution in [3.8, 4) is 0 Å². The van der Waals surface area contributed by atoms with Crippen LogP contribution in [0.3, 0.4) is 0 Å². The Morgan fingerprint density at radius 1 is 1.00 bits per heavy atom. The Bertz CT molecular complexity index is 1530. The minimum atomic E-state index is -0.306. The van der Waals surface area contributed by atoms with Gasteiger partial charge in [0.15, 0.2) is 5.65 Å². The molecule has 2 aromatic heterocycles. The molecule has 2 heterocycles. The van der Waals surface area contributed by atoms with Crippen LogP contribution in [0.25, 0.3) is 22.2 Å². The van der Waals surface area contributed by atoms with Crippen molar-refractivity contribution in [1.29, 1.82) is 0 Å². The molecule has 5 rings (SSSR count). The van der Waals surface area contributed by atoms with Crippen molar-refractivity contribution in [3.05, 3.63) is 100 Å². The smallest absolute Gasteiger partial charge is 0.257 e. The molecule has 3 N–H and O–H groups in total. The molecule has 168 valence electrons.